The Morgan fingerprint density at radius 2 is 1.14 bits per heavy atom. The van der Waals surface area contributed by atoms with Gasteiger partial charge in [-0.15, -0.1) is 0 Å². The fraction of sp³-hybridized carbons (Fsp3) is 0.0222. The van der Waals surface area contributed by atoms with Gasteiger partial charge in [-0.1, -0.05) is 109 Å². The van der Waals surface area contributed by atoms with Crippen LogP contribution in [0, 0.1) is 0 Å². The minimum absolute atomic E-state index is 0.410. The first kappa shape index (κ1) is 28.0. The molecular weight excluding hydrogens is 629 g/mol. The van der Waals surface area contributed by atoms with Crippen LogP contribution in [0.2, 0.25) is 0 Å². The lowest BCUT2D eigenvalue weighted by Crippen LogP contribution is -2.33. The van der Waals surface area contributed by atoms with Gasteiger partial charge in [-0.05, 0) is 42.5 Å². The number of rotatable bonds is 4. The summed E-state index contributed by atoms with van der Waals surface area (Å²) in [6, 6.07) is 54.3. The average Bonchev–Trinajstić information content (AvgIpc) is 3.87. The van der Waals surface area contributed by atoms with Crippen LogP contribution in [-0.2, 0) is 0 Å². The van der Waals surface area contributed by atoms with E-state index in [4.69, 9.17) is 18.8 Å². The zero-order chi connectivity index (χ0) is 33.5. The fourth-order valence-corrected chi connectivity index (χ4v) is 7.84. The third-order valence-corrected chi connectivity index (χ3v) is 10.1. The summed E-state index contributed by atoms with van der Waals surface area (Å²) in [4.78, 5) is 10.4. The topological polar surface area (TPSA) is 68.0 Å². The molecular formula is C45H28N4O2. The molecule has 0 bridgehead atoms. The predicted molar refractivity (Wildman–Crippen MR) is 207 cm³/mol. The van der Waals surface area contributed by atoms with Crippen molar-refractivity contribution in [1.29, 1.82) is 0 Å². The van der Waals surface area contributed by atoms with Crippen LogP contribution in [0.1, 0.15) is 22.9 Å². The standard InChI is InChI=1S/C45H28N4O2/c1-2-12-27(13-3-1)43-46-44(33-17-10-22-38-41(33)31-16-6-9-21-37(31)50-38)48-45(47-43)34-18-11-23-39-42(34)32-25-24-28(26-40(32)51-39)49-35-19-7-4-14-29(35)30-15-5-8-20-36(30)49/h1-26,44H,(H,46,47,48). The van der Waals surface area contributed by atoms with Gasteiger partial charge in [0.05, 0.1) is 11.0 Å². The third kappa shape index (κ3) is 4.23. The molecule has 0 fully saturated rings. The molecule has 1 unspecified atom stereocenters. The summed E-state index contributed by atoms with van der Waals surface area (Å²) in [6.45, 7) is 0. The molecule has 7 aromatic carbocycles. The monoisotopic (exact) mass is 656 g/mol. The number of benzene rings is 7. The Morgan fingerprint density at radius 1 is 0.510 bits per heavy atom. The van der Waals surface area contributed by atoms with Gasteiger partial charge < -0.3 is 18.7 Å². The molecule has 0 saturated heterocycles. The number of aliphatic imine (C=N–C) groups is 2. The van der Waals surface area contributed by atoms with E-state index in [0.29, 0.717) is 5.84 Å². The highest BCUT2D eigenvalue weighted by Gasteiger charge is 2.26. The Labute approximate surface area is 291 Å². The molecule has 10 aromatic rings. The maximum Gasteiger partial charge on any atom is 0.159 e. The Hall–Kier alpha value is -6.92. The lowest BCUT2D eigenvalue weighted by molar-refractivity contribution is 0.662. The van der Waals surface area contributed by atoms with Crippen LogP contribution < -0.4 is 5.32 Å². The molecule has 0 saturated carbocycles. The fourth-order valence-electron chi connectivity index (χ4n) is 7.84. The van der Waals surface area contributed by atoms with Crippen molar-refractivity contribution < 1.29 is 8.83 Å². The highest BCUT2D eigenvalue weighted by molar-refractivity contribution is 6.22. The van der Waals surface area contributed by atoms with Gasteiger partial charge >= 0.3 is 0 Å². The van der Waals surface area contributed by atoms with Crippen LogP contribution in [-0.4, -0.2) is 16.2 Å². The van der Waals surface area contributed by atoms with Gasteiger partial charge in [-0.2, -0.15) is 0 Å². The van der Waals surface area contributed by atoms with Crippen LogP contribution in [0.15, 0.2) is 177 Å². The van der Waals surface area contributed by atoms with Crippen molar-refractivity contribution >= 4 is 77.4 Å². The highest BCUT2D eigenvalue weighted by atomic mass is 16.3. The molecule has 3 aromatic heterocycles. The Bertz CT molecular complexity index is 3020. The van der Waals surface area contributed by atoms with Crippen LogP contribution in [0.3, 0.4) is 0 Å². The first-order valence-corrected chi connectivity index (χ1v) is 17.1. The lowest BCUT2D eigenvalue weighted by Gasteiger charge is -2.24. The van der Waals surface area contributed by atoms with Gasteiger partial charge in [-0.3, -0.25) is 0 Å². The van der Waals surface area contributed by atoms with Gasteiger partial charge in [-0.25, -0.2) is 9.98 Å². The average molecular weight is 657 g/mol. The number of para-hydroxylation sites is 3. The maximum absolute atomic E-state index is 6.63. The van der Waals surface area contributed by atoms with E-state index in [1.165, 1.54) is 10.8 Å². The van der Waals surface area contributed by atoms with Crippen molar-refractivity contribution in [3.63, 3.8) is 0 Å². The maximum atomic E-state index is 6.63. The first-order chi connectivity index (χ1) is 25.3. The normalized spacial score (nSPS) is 14.9. The van der Waals surface area contributed by atoms with Crippen molar-refractivity contribution in [1.82, 2.24) is 9.88 Å². The summed E-state index contributed by atoms with van der Waals surface area (Å²) in [5.41, 5.74) is 9.60. The van der Waals surface area contributed by atoms with Crippen molar-refractivity contribution in [2.45, 2.75) is 6.17 Å². The SMILES string of the molecule is c1ccc(C2=NC(c3cccc4oc5ccccc5c34)NC(c3cccc4oc5cc(-n6c7ccccc7c7ccccc76)ccc5c34)=N2)cc1. The van der Waals surface area contributed by atoms with Crippen molar-refractivity contribution in [2.24, 2.45) is 9.98 Å². The minimum atomic E-state index is -0.410. The third-order valence-electron chi connectivity index (χ3n) is 10.1. The molecule has 11 rings (SSSR count). The van der Waals surface area contributed by atoms with E-state index in [2.05, 4.69) is 107 Å². The smallest absolute Gasteiger partial charge is 0.159 e. The predicted octanol–water partition coefficient (Wildman–Crippen LogP) is 11.1. The lowest BCUT2D eigenvalue weighted by atomic mass is 10.0. The highest BCUT2D eigenvalue weighted by Crippen LogP contribution is 2.39. The molecule has 1 atom stereocenters. The van der Waals surface area contributed by atoms with Gasteiger partial charge in [0.25, 0.3) is 0 Å². The zero-order valence-electron chi connectivity index (χ0n) is 27.2. The second-order valence-corrected chi connectivity index (χ2v) is 13.0. The summed E-state index contributed by atoms with van der Waals surface area (Å²) in [5.74, 6) is 1.40. The molecule has 240 valence electrons. The summed E-state index contributed by atoms with van der Waals surface area (Å²) in [6.07, 6.45) is -0.410. The zero-order valence-corrected chi connectivity index (χ0v) is 27.2. The molecule has 1 aliphatic heterocycles. The van der Waals surface area contributed by atoms with Crippen molar-refractivity contribution in [3.8, 4) is 5.69 Å². The van der Waals surface area contributed by atoms with Crippen molar-refractivity contribution in [3.05, 3.63) is 174 Å². The van der Waals surface area contributed by atoms with E-state index in [1.807, 2.05) is 60.7 Å². The molecule has 1 aliphatic rings. The summed E-state index contributed by atoms with van der Waals surface area (Å²) in [7, 11) is 0. The second-order valence-electron chi connectivity index (χ2n) is 13.0. The van der Waals surface area contributed by atoms with Crippen LogP contribution in [0.5, 0.6) is 0 Å². The molecule has 0 amide bonds. The quantitative estimate of drug-likeness (QED) is 0.205. The number of hydrogen-bond donors (Lipinski definition) is 1. The van der Waals surface area contributed by atoms with E-state index in [9.17, 15) is 0 Å². The molecule has 4 heterocycles. The molecule has 0 aliphatic carbocycles. The summed E-state index contributed by atoms with van der Waals surface area (Å²) in [5, 5.41) is 10.3. The molecule has 51 heavy (non-hydrogen) atoms. The molecule has 0 spiro atoms. The van der Waals surface area contributed by atoms with E-state index < -0.39 is 6.17 Å². The van der Waals surface area contributed by atoms with Gasteiger partial charge in [0, 0.05) is 60.8 Å². The number of hydrogen-bond acceptors (Lipinski definition) is 5. The van der Waals surface area contributed by atoms with Gasteiger partial charge in [0.2, 0.25) is 0 Å². The van der Waals surface area contributed by atoms with Crippen LogP contribution in [0.25, 0.3) is 71.4 Å². The molecule has 1 N–H and O–H groups in total. The number of aromatic nitrogens is 1. The Morgan fingerprint density at radius 3 is 1.94 bits per heavy atom. The minimum Gasteiger partial charge on any atom is -0.456 e. The van der Waals surface area contributed by atoms with Crippen LogP contribution >= 0.6 is 0 Å². The summed E-state index contributed by atoms with van der Waals surface area (Å²) < 4.78 is 15.2. The molecule has 6 heteroatoms. The first-order valence-electron chi connectivity index (χ1n) is 17.1. The van der Waals surface area contributed by atoms with Gasteiger partial charge in [0.1, 0.15) is 34.3 Å². The van der Waals surface area contributed by atoms with Crippen LogP contribution in [0.4, 0.5) is 0 Å². The van der Waals surface area contributed by atoms with E-state index in [1.54, 1.807) is 0 Å². The van der Waals surface area contributed by atoms with E-state index in [0.717, 1.165) is 83.1 Å². The number of furan rings is 2. The Balaban J connectivity index is 1.09. The van der Waals surface area contributed by atoms with Crippen molar-refractivity contribution in [2.75, 3.05) is 0 Å². The number of amidine groups is 2. The van der Waals surface area contributed by atoms with Gasteiger partial charge in [0.15, 0.2) is 5.84 Å². The molecule has 0 radical (unpaired) electrons. The second kappa shape index (κ2) is 10.8. The number of fused-ring (bicyclic) bond motifs is 9. The molecule has 6 nitrogen and oxygen atoms in total. The Kier molecular flexibility index (Phi) is 5.92. The number of nitrogens with one attached hydrogen (secondary N) is 1. The largest absolute Gasteiger partial charge is 0.456 e. The van der Waals surface area contributed by atoms with E-state index >= 15 is 0 Å². The van der Waals surface area contributed by atoms with E-state index in [-0.39, 0.29) is 0 Å². The summed E-state index contributed by atoms with van der Waals surface area (Å²) >= 11 is 0. The number of nitrogens with zero attached hydrogens (tertiary/aromatic N) is 3.